The molecule has 0 unspecified atom stereocenters. The number of rotatable bonds is 1. The molecular weight excluding hydrogens is 244 g/mol. The lowest BCUT2D eigenvalue weighted by Crippen LogP contribution is -2.26. The Hall–Kier alpha value is -1.49. The van der Waals surface area contributed by atoms with Crippen molar-refractivity contribution >= 4 is 17.7 Å². The van der Waals surface area contributed by atoms with Crippen molar-refractivity contribution in [2.75, 3.05) is 0 Å². The van der Waals surface area contributed by atoms with Crippen LogP contribution in [0, 0.1) is 0 Å². The van der Waals surface area contributed by atoms with Crippen LogP contribution in [0.5, 0.6) is 0 Å². The van der Waals surface area contributed by atoms with Crippen molar-refractivity contribution in [1.29, 1.82) is 0 Å². The average molecular weight is 259 g/mol. The molecular formula is C11H15ClN2O3. The van der Waals surface area contributed by atoms with E-state index in [9.17, 15) is 10.0 Å². The molecule has 1 amide bonds. The van der Waals surface area contributed by atoms with Gasteiger partial charge in [0.15, 0.2) is 5.49 Å². The second-order valence-corrected chi connectivity index (χ2v) is 4.68. The predicted molar refractivity (Wildman–Crippen MR) is 63.0 cm³/mol. The van der Waals surface area contributed by atoms with Gasteiger partial charge in [0.2, 0.25) is 0 Å². The number of carbonyl (C=O) groups is 1. The summed E-state index contributed by atoms with van der Waals surface area (Å²) >= 11 is 5.61. The predicted octanol–water partition coefficient (Wildman–Crippen LogP) is 2.30. The molecule has 0 radical (unpaired) electrons. The third-order valence-electron chi connectivity index (χ3n) is 1.76. The van der Waals surface area contributed by atoms with E-state index in [1.807, 2.05) is 0 Å². The van der Waals surface area contributed by atoms with E-state index in [2.05, 4.69) is 4.99 Å². The largest absolute Gasteiger partial charge is 0.442 e. The summed E-state index contributed by atoms with van der Waals surface area (Å²) in [7, 11) is 0. The maximum atomic E-state index is 11.4. The van der Waals surface area contributed by atoms with Crippen molar-refractivity contribution in [1.82, 2.24) is 4.73 Å². The van der Waals surface area contributed by atoms with Crippen LogP contribution in [-0.4, -0.2) is 21.6 Å². The minimum Gasteiger partial charge on any atom is -0.442 e. The highest BCUT2D eigenvalue weighted by Gasteiger charge is 2.15. The quantitative estimate of drug-likeness (QED) is 0.621. The topological polar surface area (TPSA) is 63.8 Å². The molecule has 0 aliphatic carbocycles. The normalized spacial score (nSPS) is 12.6. The van der Waals surface area contributed by atoms with E-state index in [-0.39, 0.29) is 11.4 Å². The number of alkyl halides is 1. The molecule has 0 atom stereocenters. The van der Waals surface area contributed by atoms with E-state index in [4.69, 9.17) is 16.3 Å². The first-order chi connectivity index (χ1) is 7.83. The zero-order valence-corrected chi connectivity index (χ0v) is 10.7. The van der Waals surface area contributed by atoms with Crippen LogP contribution in [0.15, 0.2) is 23.2 Å². The first kappa shape index (κ1) is 13.6. The second-order valence-electron chi connectivity index (χ2n) is 4.41. The van der Waals surface area contributed by atoms with Crippen molar-refractivity contribution in [2.45, 2.75) is 32.3 Å². The lowest BCUT2D eigenvalue weighted by Gasteiger charge is -2.17. The number of nitrogens with zero attached hydrogens (tertiary/aromatic N) is 2. The van der Waals surface area contributed by atoms with Gasteiger partial charge in [-0.15, -0.1) is 11.6 Å². The molecule has 6 heteroatoms. The first-order valence-electron chi connectivity index (χ1n) is 5.07. The average Bonchev–Trinajstić information content (AvgIpc) is 2.18. The van der Waals surface area contributed by atoms with Gasteiger partial charge in [-0.2, -0.15) is 9.72 Å². The Morgan fingerprint density at radius 2 is 2.18 bits per heavy atom. The van der Waals surface area contributed by atoms with E-state index in [1.165, 1.54) is 6.07 Å². The van der Waals surface area contributed by atoms with Crippen molar-refractivity contribution in [3.63, 3.8) is 0 Å². The third-order valence-corrected chi connectivity index (χ3v) is 2.03. The van der Waals surface area contributed by atoms with Crippen LogP contribution in [0.3, 0.4) is 0 Å². The van der Waals surface area contributed by atoms with Gasteiger partial charge in [-0.1, -0.05) is 6.07 Å². The molecule has 1 N–H and O–H groups in total. The maximum absolute atomic E-state index is 11.4. The molecule has 1 heterocycles. The SMILES string of the molecule is CC(C)(C)OC(=O)N=c1cccc(CCl)n1O. The van der Waals surface area contributed by atoms with Crippen LogP contribution in [0.2, 0.25) is 0 Å². The van der Waals surface area contributed by atoms with Crippen molar-refractivity contribution in [3.8, 4) is 0 Å². The molecule has 1 aromatic rings. The Morgan fingerprint density at radius 1 is 1.53 bits per heavy atom. The summed E-state index contributed by atoms with van der Waals surface area (Å²) in [5.41, 5.74) is -0.0980. The van der Waals surface area contributed by atoms with Crippen molar-refractivity contribution < 1.29 is 14.7 Å². The van der Waals surface area contributed by atoms with Gasteiger partial charge in [0.1, 0.15) is 5.60 Å². The highest BCUT2D eigenvalue weighted by molar-refractivity contribution is 6.16. The highest BCUT2D eigenvalue weighted by Crippen LogP contribution is 2.07. The molecule has 0 spiro atoms. The van der Waals surface area contributed by atoms with Gasteiger partial charge in [-0.25, -0.2) is 4.79 Å². The zero-order valence-electron chi connectivity index (χ0n) is 9.98. The Kier molecular flexibility index (Phi) is 4.17. The summed E-state index contributed by atoms with van der Waals surface area (Å²) in [5, 5.41) is 9.67. The minimum absolute atomic E-state index is 0.0809. The zero-order chi connectivity index (χ0) is 13.1. The summed E-state index contributed by atoms with van der Waals surface area (Å²) < 4.78 is 5.77. The Bertz CT molecular complexity index is 474. The van der Waals surface area contributed by atoms with Gasteiger partial charge < -0.3 is 9.94 Å². The van der Waals surface area contributed by atoms with E-state index in [1.54, 1.807) is 32.9 Å². The number of pyridine rings is 1. The highest BCUT2D eigenvalue weighted by atomic mass is 35.5. The fourth-order valence-electron chi connectivity index (χ4n) is 1.10. The van der Waals surface area contributed by atoms with E-state index in [0.717, 1.165) is 4.73 Å². The van der Waals surface area contributed by atoms with Gasteiger partial charge in [0, 0.05) is 0 Å². The van der Waals surface area contributed by atoms with Crippen molar-refractivity contribution in [2.24, 2.45) is 4.99 Å². The number of amides is 1. The molecule has 0 aliphatic heterocycles. The monoisotopic (exact) mass is 258 g/mol. The molecule has 0 saturated carbocycles. The van der Waals surface area contributed by atoms with Gasteiger partial charge in [0.25, 0.3) is 0 Å². The number of aromatic nitrogens is 1. The summed E-state index contributed by atoms with van der Waals surface area (Å²) in [5.74, 6) is 0.119. The molecule has 1 rings (SSSR count). The van der Waals surface area contributed by atoms with Crippen LogP contribution in [0.4, 0.5) is 4.79 Å². The number of hydrogen-bond donors (Lipinski definition) is 1. The standard InChI is InChI=1S/C11H15ClN2O3/c1-11(2,3)17-10(15)13-9-6-4-5-8(7-12)14(9)16/h4-6,16H,7H2,1-3H3. The van der Waals surface area contributed by atoms with Crippen LogP contribution in [-0.2, 0) is 10.6 Å². The second kappa shape index (κ2) is 5.23. The van der Waals surface area contributed by atoms with Crippen LogP contribution in [0.25, 0.3) is 0 Å². The third kappa shape index (κ3) is 4.11. The Labute approximate surface area is 104 Å². The molecule has 0 aromatic carbocycles. The van der Waals surface area contributed by atoms with Crippen molar-refractivity contribution in [3.05, 3.63) is 29.4 Å². The van der Waals surface area contributed by atoms with Crippen LogP contribution >= 0.6 is 11.6 Å². The number of hydrogen-bond acceptors (Lipinski definition) is 3. The van der Waals surface area contributed by atoms with Gasteiger partial charge in [0.05, 0.1) is 11.6 Å². The van der Waals surface area contributed by atoms with E-state index in [0.29, 0.717) is 5.69 Å². The fraction of sp³-hybridized carbons (Fsp3) is 0.455. The Morgan fingerprint density at radius 3 is 2.71 bits per heavy atom. The Balaban J connectivity index is 3.04. The smallest absolute Gasteiger partial charge is 0.436 e. The first-order valence-corrected chi connectivity index (χ1v) is 5.61. The summed E-state index contributed by atoms with van der Waals surface area (Å²) in [4.78, 5) is 15.1. The van der Waals surface area contributed by atoms with E-state index < -0.39 is 11.7 Å². The molecule has 0 fully saturated rings. The van der Waals surface area contributed by atoms with Crippen LogP contribution < -0.4 is 5.49 Å². The van der Waals surface area contributed by atoms with E-state index >= 15 is 0 Å². The van der Waals surface area contributed by atoms with Gasteiger partial charge >= 0.3 is 6.09 Å². The van der Waals surface area contributed by atoms with Crippen LogP contribution in [0.1, 0.15) is 26.5 Å². The molecule has 0 aliphatic rings. The maximum Gasteiger partial charge on any atom is 0.436 e. The minimum atomic E-state index is -0.757. The fourth-order valence-corrected chi connectivity index (χ4v) is 1.30. The molecule has 1 aromatic heterocycles. The summed E-state index contributed by atoms with van der Waals surface area (Å²) in [6.07, 6.45) is -0.757. The lowest BCUT2D eigenvalue weighted by atomic mass is 10.2. The van der Waals surface area contributed by atoms with Gasteiger partial charge in [-0.3, -0.25) is 0 Å². The summed E-state index contributed by atoms with van der Waals surface area (Å²) in [6, 6.07) is 4.76. The lowest BCUT2D eigenvalue weighted by molar-refractivity contribution is 0.0586. The molecule has 0 saturated heterocycles. The van der Waals surface area contributed by atoms with Gasteiger partial charge in [-0.05, 0) is 32.9 Å². The number of ether oxygens (including phenoxy) is 1. The summed E-state index contributed by atoms with van der Waals surface area (Å²) in [6.45, 7) is 5.22. The molecule has 0 bridgehead atoms. The molecule has 17 heavy (non-hydrogen) atoms. The number of carbonyl (C=O) groups excluding carboxylic acids is 1. The molecule has 94 valence electrons. The molecule has 5 nitrogen and oxygen atoms in total. The number of halogens is 1.